The number of epoxide rings is 2. The van der Waals surface area contributed by atoms with Crippen LogP contribution in [0, 0.1) is 13.8 Å². The third-order valence-corrected chi connectivity index (χ3v) is 4.34. The Hall–Kier alpha value is -2.08. The Morgan fingerprint density at radius 2 is 1.27 bits per heavy atom. The molecule has 2 aliphatic heterocycles. The molecule has 140 valence electrons. The van der Waals surface area contributed by atoms with Gasteiger partial charge in [-0.2, -0.15) is 0 Å². The van der Waals surface area contributed by atoms with E-state index in [1.807, 2.05) is 38.1 Å². The lowest BCUT2D eigenvalue weighted by atomic mass is 10.0. The first-order valence-corrected chi connectivity index (χ1v) is 8.89. The van der Waals surface area contributed by atoms with Crippen molar-refractivity contribution in [1.29, 1.82) is 0 Å². The van der Waals surface area contributed by atoms with Crippen LogP contribution in [0.4, 0.5) is 0 Å². The van der Waals surface area contributed by atoms with Crippen molar-refractivity contribution in [2.24, 2.45) is 0 Å². The molecule has 5 nitrogen and oxygen atoms in total. The van der Waals surface area contributed by atoms with Gasteiger partial charge in [-0.1, -0.05) is 24.3 Å². The van der Waals surface area contributed by atoms with Gasteiger partial charge in [-0.05, 0) is 54.7 Å². The van der Waals surface area contributed by atoms with Crippen LogP contribution in [-0.2, 0) is 20.6 Å². The first-order chi connectivity index (χ1) is 12.5. The van der Waals surface area contributed by atoms with Gasteiger partial charge in [0.05, 0.1) is 26.4 Å². The smallest absolute Gasteiger partial charge is 0.118 e. The van der Waals surface area contributed by atoms with Crippen LogP contribution in [0.2, 0.25) is 0 Å². The summed E-state index contributed by atoms with van der Waals surface area (Å²) >= 11 is 0. The molecule has 0 aromatic heterocycles. The molecule has 2 heterocycles. The molecule has 0 radical (unpaired) electrons. The van der Waals surface area contributed by atoms with Crippen LogP contribution in [0.3, 0.4) is 0 Å². The molecule has 0 saturated carbocycles. The summed E-state index contributed by atoms with van der Waals surface area (Å²) in [6.07, 6.45) is 1.59. The summed E-state index contributed by atoms with van der Waals surface area (Å²) in [4.78, 5) is 0. The SMILES string of the molecule is C(OCC1CO1)C1CO1.Cc1cc(Cc2ccc(O)c(C)c2)ccc1O. The molecule has 2 unspecified atom stereocenters. The van der Waals surface area contributed by atoms with E-state index in [1.165, 1.54) is 0 Å². The Labute approximate surface area is 154 Å². The fourth-order valence-electron chi connectivity index (χ4n) is 2.55. The maximum atomic E-state index is 9.46. The first-order valence-electron chi connectivity index (χ1n) is 8.89. The second-order valence-electron chi connectivity index (χ2n) is 6.87. The molecule has 2 aliphatic rings. The van der Waals surface area contributed by atoms with Gasteiger partial charge in [0.1, 0.15) is 23.7 Å². The number of aryl methyl sites for hydroxylation is 2. The van der Waals surface area contributed by atoms with E-state index >= 15 is 0 Å². The quantitative estimate of drug-likeness (QED) is 0.776. The number of aromatic hydroxyl groups is 2. The molecule has 5 heteroatoms. The summed E-state index contributed by atoms with van der Waals surface area (Å²) < 4.78 is 15.1. The van der Waals surface area contributed by atoms with Crippen LogP contribution in [0.1, 0.15) is 22.3 Å². The number of phenols is 2. The molecule has 0 aliphatic carbocycles. The van der Waals surface area contributed by atoms with E-state index in [-0.39, 0.29) is 0 Å². The monoisotopic (exact) mass is 358 g/mol. The molecule has 2 aromatic carbocycles. The Kier molecular flexibility index (Phi) is 6.14. The second-order valence-corrected chi connectivity index (χ2v) is 6.87. The zero-order valence-electron chi connectivity index (χ0n) is 15.3. The highest BCUT2D eigenvalue weighted by Crippen LogP contribution is 2.22. The van der Waals surface area contributed by atoms with Gasteiger partial charge < -0.3 is 24.4 Å². The fourth-order valence-corrected chi connectivity index (χ4v) is 2.55. The van der Waals surface area contributed by atoms with Gasteiger partial charge in [-0.3, -0.25) is 0 Å². The third-order valence-electron chi connectivity index (χ3n) is 4.34. The molecule has 2 N–H and O–H groups in total. The minimum Gasteiger partial charge on any atom is -0.508 e. The van der Waals surface area contributed by atoms with E-state index in [1.54, 1.807) is 12.1 Å². The maximum absolute atomic E-state index is 9.46. The Morgan fingerprint density at radius 1 is 0.846 bits per heavy atom. The van der Waals surface area contributed by atoms with Crippen molar-refractivity contribution in [3.63, 3.8) is 0 Å². The lowest BCUT2D eigenvalue weighted by Gasteiger charge is -2.06. The summed E-state index contributed by atoms with van der Waals surface area (Å²) in [6.45, 7) is 7.04. The molecule has 0 amide bonds. The van der Waals surface area contributed by atoms with Crippen LogP contribution in [0.5, 0.6) is 11.5 Å². The largest absolute Gasteiger partial charge is 0.508 e. The number of ether oxygens (including phenoxy) is 3. The van der Waals surface area contributed by atoms with Crippen LogP contribution in [0.15, 0.2) is 36.4 Å². The van der Waals surface area contributed by atoms with Crippen LogP contribution >= 0.6 is 0 Å². The summed E-state index contributed by atoms with van der Waals surface area (Å²) in [5.41, 5.74) is 4.09. The molecule has 2 atom stereocenters. The van der Waals surface area contributed by atoms with Crippen LogP contribution in [0.25, 0.3) is 0 Å². The molecule has 0 bridgehead atoms. The topological polar surface area (TPSA) is 74.8 Å². The number of hydrogen-bond acceptors (Lipinski definition) is 5. The van der Waals surface area contributed by atoms with E-state index in [0.29, 0.717) is 23.7 Å². The summed E-state index contributed by atoms with van der Waals surface area (Å²) in [5, 5.41) is 18.9. The van der Waals surface area contributed by atoms with Gasteiger partial charge in [-0.15, -0.1) is 0 Å². The molecule has 2 aromatic rings. The Bertz CT molecular complexity index is 674. The minimum absolute atomic E-state index is 0.329. The standard InChI is InChI=1S/C15H16O2.C6H10O3/c1-10-7-12(3-5-14(10)16)9-13-4-6-15(17)11(2)8-13;1(5-3-8-5)7-2-6-4-9-6/h3-8,16-17H,9H2,1-2H3;5-6H,1-4H2. The van der Waals surface area contributed by atoms with Crippen molar-refractivity contribution in [2.75, 3.05) is 26.4 Å². The van der Waals surface area contributed by atoms with Crippen molar-refractivity contribution in [1.82, 2.24) is 0 Å². The number of rotatable bonds is 6. The second kappa shape index (κ2) is 8.54. The van der Waals surface area contributed by atoms with E-state index in [2.05, 4.69) is 0 Å². The predicted octanol–water partition coefficient (Wildman–Crippen LogP) is 3.11. The van der Waals surface area contributed by atoms with Crippen molar-refractivity contribution in [3.05, 3.63) is 58.7 Å². The Morgan fingerprint density at radius 3 is 1.62 bits per heavy atom. The van der Waals surface area contributed by atoms with Crippen molar-refractivity contribution >= 4 is 0 Å². The van der Waals surface area contributed by atoms with Crippen molar-refractivity contribution in [3.8, 4) is 11.5 Å². The predicted molar refractivity (Wildman–Crippen MR) is 98.8 cm³/mol. The van der Waals surface area contributed by atoms with Gasteiger partial charge in [0.2, 0.25) is 0 Å². The van der Waals surface area contributed by atoms with Crippen LogP contribution in [-0.4, -0.2) is 48.8 Å². The molecule has 0 spiro atoms. The molecule has 2 fully saturated rings. The van der Waals surface area contributed by atoms with E-state index in [9.17, 15) is 10.2 Å². The number of phenolic OH excluding ortho intramolecular Hbond substituents is 2. The highest BCUT2D eigenvalue weighted by Gasteiger charge is 2.26. The highest BCUT2D eigenvalue weighted by molar-refractivity contribution is 5.40. The molecule has 26 heavy (non-hydrogen) atoms. The molecule has 2 saturated heterocycles. The van der Waals surface area contributed by atoms with Crippen LogP contribution < -0.4 is 0 Å². The Balaban J connectivity index is 0.000000181. The molecular formula is C21H26O5. The van der Waals surface area contributed by atoms with Gasteiger partial charge in [0, 0.05) is 0 Å². The van der Waals surface area contributed by atoms with Gasteiger partial charge in [0.15, 0.2) is 0 Å². The summed E-state index contributed by atoms with van der Waals surface area (Å²) in [6, 6.07) is 11.2. The highest BCUT2D eigenvalue weighted by atomic mass is 16.6. The van der Waals surface area contributed by atoms with E-state index in [4.69, 9.17) is 14.2 Å². The van der Waals surface area contributed by atoms with Crippen molar-refractivity contribution < 1.29 is 24.4 Å². The number of benzene rings is 2. The summed E-state index contributed by atoms with van der Waals surface area (Å²) in [5.74, 6) is 0.659. The maximum Gasteiger partial charge on any atom is 0.118 e. The molecule has 4 rings (SSSR count). The van der Waals surface area contributed by atoms with Gasteiger partial charge in [-0.25, -0.2) is 0 Å². The number of hydrogen-bond donors (Lipinski definition) is 2. The average Bonchev–Trinajstić information content (AvgIpc) is 3.50. The lowest BCUT2D eigenvalue weighted by Crippen LogP contribution is -2.06. The third kappa shape index (κ3) is 6.02. The average molecular weight is 358 g/mol. The van der Waals surface area contributed by atoms with Crippen molar-refractivity contribution in [2.45, 2.75) is 32.5 Å². The van der Waals surface area contributed by atoms with E-state index in [0.717, 1.165) is 55.1 Å². The van der Waals surface area contributed by atoms with Gasteiger partial charge >= 0.3 is 0 Å². The summed E-state index contributed by atoms with van der Waals surface area (Å²) in [7, 11) is 0. The zero-order chi connectivity index (χ0) is 18.5. The molecular weight excluding hydrogens is 332 g/mol. The van der Waals surface area contributed by atoms with E-state index < -0.39 is 0 Å². The fraction of sp³-hybridized carbons (Fsp3) is 0.429. The zero-order valence-corrected chi connectivity index (χ0v) is 15.3. The normalized spacial score (nSPS) is 20.2. The minimum atomic E-state index is 0.329. The van der Waals surface area contributed by atoms with Gasteiger partial charge in [0.25, 0.3) is 0 Å². The first kappa shape index (κ1) is 18.7. The lowest BCUT2D eigenvalue weighted by molar-refractivity contribution is 0.102.